The molecular formula is C28H42N2O12P2. The average Bonchev–Trinajstić information content (AvgIpc) is 3.65. The van der Waals surface area contributed by atoms with Crippen molar-refractivity contribution < 1.29 is 56.7 Å². The molecule has 14 nitrogen and oxygen atoms in total. The highest BCUT2D eigenvalue weighted by Crippen LogP contribution is 2.43. The number of ether oxygens (including phenoxy) is 3. The molecule has 0 radical (unpaired) electrons. The number of Topliss-reactive ketones (excluding diaryl/α,β-unsaturated/α-hetero) is 2. The maximum Gasteiger partial charge on any atom is 0.237 e. The number of nitrogens with zero attached hydrogens (tertiary/aromatic N) is 2. The van der Waals surface area contributed by atoms with Gasteiger partial charge >= 0.3 is 0 Å². The largest absolute Gasteiger partial charge is 0.478 e. The van der Waals surface area contributed by atoms with Crippen molar-refractivity contribution in [2.75, 3.05) is 39.2 Å². The fraction of sp³-hybridized carbons (Fsp3) is 0.571. The monoisotopic (exact) mass is 660 g/mol. The molecule has 0 aliphatic carbocycles. The van der Waals surface area contributed by atoms with Crippen molar-refractivity contribution in [1.82, 2.24) is 9.80 Å². The average molecular weight is 661 g/mol. The van der Waals surface area contributed by atoms with E-state index in [0.29, 0.717) is 30.8 Å². The van der Waals surface area contributed by atoms with Gasteiger partial charge in [-0.2, -0.15) is 0 Å². The number of aliphatic hydroxyl groups excluding tert-OH is 1. The topological polar surface area (TPSA) is 175 Å². The minimum atomic E-state index is -2.80. The smallest absolute Gasteiger partial charge is 0.237 e. The van der Waals surface area contributed by atoms with Crippen LogP contribution in [-0.4, -0.2) is 96.3 Å². The lowest BCUT2D eigenvalue weighted by atomic mass is 10.1. The Morgan fingerprint density at radius 3 is 1.93 bits per heavy atom. The zero-order valence-electron chi connectivity index (χ0n) is 25.9. The molecule has 1 N–H and O–H groups in total. The number of hydrogen-bond donors (Lipinski definition) is 1. The molecule has 0 saturated carbocycles. The summed E-state index contributed by atoms with van der Waals surface area (Å²) < 4.78 is 48.6. The van der Waals surface area contributed by atoms with Gasteiger partial charge < -0.3 is 28.4 Å². The van der Waals surface area contributed by atoms with Gasteiger partial charge in [0.25, 0.3) is 0 Å². The third-order valence-corrected chi connectivity index (χ3v) is 8.98. The van der Waals surface area contributed by atoms with Gasteiger partial charge in [0.2, 0.25) is 26.6 Å². The van der Waals surface area contributed by atoms with Gasteiger partial charge in [0.05, 0.1) is 32.3 Å². The third-order valence-electron chi connectivity index (χ3n) is 6.24. The molecular weight excluding hydrogens is 618 g/mol. The lowest BCUT2D eigenvalue weighted by Crippen LogP contribution is -2.40. The van der Waals surface area contributed by atoms with Gasteiger partial charge in [-0.3, -0.25) is 38.1 Å². The first kappa shape index (κ1) is 37.5. The Morgan fingerprint density at radius 1 is 0.886 bits per heavy atom. The zero-order chi connectivity index (χ0) is 33.1. The summed E-state index contributed by atoms with van der Waals surface area (Å²) in [5.74, 6) is -0.785. The first-order chi connectivity index (χ1) is 20.6. The van der Waals surface area contributed by atoms with Crippen LogP contribution < -0.4 is 0 Å². The summed E-state index contributed by atoms with van der Waals surface area (Å²) >= 11 is 0. The van der Waals surface area contributed by atoms with Crippen LogP contribution in [0.1, 0.15) is 47.0 Å². The molecule has 4 aliphatic rings. The van der Waals surface area contributed by atoms with Crippen LogP contribution in [0, 0.1) is 0 Å². The molecule has 0 aromatic carbocycles. The van der Waals surface area contributed by atoms with E-state index in [0.717, 1.165) is 0 Å². The predicted octanol–water partition coefficient (Wildman–Crippen LogP) is 3.68. The minimum Gasteiger partial charge on any atom is -0.478 e. The van der Waals surface area contributed by atoms with Gasteiger partial charge in [0.1, 0.15) is 12.7 Å². The number of hydrogen-bond acceptors (Lipinski definition) is 12. The molecule has 0 saturated heterocycles. The van der Waals surface area contributed by atoms with Gasteiger partial charge in [-0.25, -0.2) is 0 Å². The van der Waals surface area contributed by atoms with Crippen molar-refractivity contribution in [3.63, 3.8) is 0 Å². The fourth-order valence-electron chi connectivity index (χ4n) is 3.95. The number of rotatable bonds is 10. The lowest BCUT2D eigenvalue weighted by molar-refractivity contribution is -0.158. The quantitative estimate of drug-likeness (QED) is 0.205. The number of carbonyl (C=O) groups excluding carboxylic acids is 4. The predicted molar refractivity (Wildman–Crippen MR) is 160 cm³/mol. The highest BCUT2D eigenvalue weighted by Gasteiger charge is 2.33. The van der Waals surface area contributed by atoms with Crippen molar-refractivity contribution >= 4 is 38.1 Å². The normalized spacial score (nSPS) is 25.7. The van der Waals surface area contributed by atoms with E-state index in [1.54, 1.807) is 52.3 Å². The van der Waals surface area contributed by atoms with Crippen molar-refractivity contribution in [3.8, 4) is 0 Å². The van der Waals surface area contributed by atoms with Crippen LogP contribution in [0.5, 0.6) is 0 Å². The maximum atomic E-state index is 11.9. The molecule has 2 amide bonds. The van der Waals surface area contributed by atoms with E-state index in [-0.39, 0.29) is 55.1 Å². The Labute approximate surface area is 257 Å². The molecule has 5 unspecified atom stereocenters. The molecule has 4 aliphatic heterocycles. The van der Waals surface area contributed by atoms with Crippen molar-refractivity contribution in [2.45, 2.75) is 65.7 Å². The molecule has 0 bridgehead atoms. The Morgan fingerprint density at radius 2 is 1.43 bits per heavy atom. The molecule has 0 aromatic heterocycles. The summed E-state index contributed by atoms with van der Waals surface area (Å²) in [6, 6.07) is 0. The first-order valence-corrected chi connectivity index (χ1v) is 18.5. The SMILES string of the molecule is CC1=CN(C2CC=CO2)C(=O)CC1=O.CCOP(C)(=O)CO.CCOP(C)(=O)COC1C=CC(N2C=C(C)C(=O)CC2=O)O1. The number of amides is 2. The summed E-state index contributed by atoms with van der Waals surface area (Å²) in [4.78, 5) is 48.9. The van der Waals surface area contributed by atoms with E-state index in [1.165, 1.54) is 29.3 Å². The standard InChI is InChI=1S/C14H20NO6P.C10H11NO3.C4H11O3P/c1-4-20-22(3,18)9-19-14-6-5-13(21-14)15-8-10(2)11(16)7-12(15)17;1-7-6-11(9(13)5-8(7)12)10-3-2-4-14-10;1-3-7-8(2,6)4-5/h5-6,8,13-14H,4,7,9H2,1-3H3;2,4,6,10H,3,5H2,1H3;5H,3-4H2,1-2H3. The number of carbonyl (C=O) groups is 4. The van der Waals surface area contributed by atoms with Crippen LogP contribution in [0.3, 0.4) is 0 Å². The molecule has 0 fully saturated rings. The molecule has 0 aromatic rings. The third kappa shape index (κ3) is 11.7. The Hall–Kier alpha value is -2.70. The minimum absolute atomic E-state index is 0.0395. The summed E-state index contributed by atoms with van der Waals surface area (Å²) in [6.07, 6.45) is 8.30. The van der Waals surface area contributed by atoms with Crippen molar-refractivity contribution in [1.29, 1.82) is 0 Å². The number of aliphatic hydroxyl groups is 1. The Kier molecular flexibility index (Phi) is 14.6. The number of ketones is 2. The van der Waals surface area contributed by atoms with Crippen LogP contribution in [0.15, 0.2) is 48.0 Å². The lowest BCUT2D eigenvalue weighted by Gasteiger charge is -2.28. The van der Waals surface area contributed by atoms with E-state index in [4.69, 9.17) is 23.8 Å². The Bertz CT molecular complexity index is 1280. The van der Waals surface area contributed by atoms with Gasteiger partial charge in [0, 0.05) is 43.3 Å². The van der Waals surface area contributed by atoms with Crippen LogP contribution in [0.2, 0.25) is 0 Å². The molecule has 16 heteroatoms. The summed E-state index contributed by atoms with van der Waals surface area (Å²) in [5.41, 5.74) is 1.12. The summed E-state index contributed by atoms with van der Waals surface area (Å²) in [6.45, 7) is 10.5. The van der Waals surface area contributed by atoms with Crippen molar-refractivity contribution in [2.24, 2.45) is 0 Å². The molecule has 5 atom stereocenters. The van der Waals surface area contributed by atoms with Gasteiger partial charge in [-0.15, -0.1) is 0 Å². The zero-order valence-corrected chi connectivity index (χ0v) is 27.7. The molecule has 246 valence electrons. The van der Waals surface area contributed by atoms with Crippen LogP contribution >= 0.6 is 14.7 Å². The van der Waals surface area contributed by atoms with Gasteiger partial charge in [-0.05, 0) is 45.9 Å². The van der Waals surface area contributed by atoms with Crippen LogP contribution in [0.4, 0.5) is 0 Å². The second kappa shape index (κ2) is 17.1. The Balaban J connectivity index is 0.000000261. The first-order valence-electron chi connectivity index (χ1n) is 14.0. The van der Waals surface area contributed by atoms with E-state index < -0.39 is 27.3 Å². The van der Waals surface area contributed by atoms with Crippen LogP contribution in [-0.2, 0) is 51.6 Å². The molecule has 0 spiro atoms. The van der Waals surface area contributed by atoms with E-state index >= 15 is 0 Å². The van der Waals surface area contributed by atoms with E-state index in [2.05, 4.69) is 4.52 Å². The van der Waals surface area contributed by atoms with E-state index in [1.807, 2.05) is 6.08 Å². The summed E-state index contributed by atoms with van der Waals surface area (Å²) in [5, 5.41) is 8.34. The highest BCUT2D eigenvalue weighted by molar-refractivity contribution is 7.58. The second-order valence-corrected chi connectivity index (χ2v) is 15.3. The van der Waals surface area contributed by atoms with E-state index in [9.17, 15) is 28.3 Å². The highest BCUT2D eigenvalue weighted by atomic mass is 31.2. The van der Waals surface area contributed by atoms with Gasteiger partial charge in [0.15, 0.2) is 30.3 Å². The summed E-state index contributed by atoms with van der Waals surface area (Å²) in [7, 11) is -5.42. The van der Waals surface area contributed by atoms with Gasteiger partial charge in [-0.1, -0.05) is 0 Å². The van der Waals surface area contributed by atoms with Crippen LogP contribution in [0.25, 0.3) is 0 Å². The fourth-order valence-corrected chi connectivity index (χ4v) is 5.62. The molecule has 4 heterocycles. The number of allylic oxidation sites excluding steroid dienone is 2. The maximum absolute atomic E-state index is 11.9. The van der Waals surface area contributed by atoms with Crippen molar-refractivity contribution in [3.05, 3.63) is 48.0 Å². The second-order valence-electron chi connectivity index (χ2n) is 10.2. The molecule has 44 heavy (non-hydrogen) atoms. The molecule has 4 rings (SSSR count).